The molecule has 140 valence electrons. The van der Waals surface area contributed by atoms with Gasteiger partial charge in [0.25, 0.3) is 0 Å². The molecule has 0 saturated heterocycles. The molecular weight excluding hydrogens is 296 g/mol. The first-order valence-electron chi connectivity index (χ1n) is 10.2. The monoisotopic (exact) mass is 336 g/mol. The first kappa shape index (κ1) is 22.9. The fourth-order valence-electron chi connectivity index (χ4n) is 2.88. The smallest absolute Gasteiger partial charge is 0.330 e. The van der Waals surface area contributed by atoms with Gasteiger partial charge in [-0.3, -0.25) is 0 Å². The summed E-state index contributed by atoms with van der Waals surface area (Å²) in [6.07, 6.45) is 25.6. The second-order valence-corrected chi connectivity index (χ2v) is 6.68. The third kappa shape index (κ3) is 19.0. The van der Waals surface area contributed by atoms with Crippen LogP contribution < -0.4 is 0 Å². The zero-order valence-electron chi connectivity index (χ0n) is 16.1. The Morgan fingerprint density at radius 2 is 1.17 bits per heavy atom. The van der Waals surface area contributed by atoms with Crippen LogP contribution in [0.5, 0.6) is 0 Å². The zero-order chi connectivity index (χ0) is 17.7. The fraction of sp³-hybridized carbons (Fsp3) is 0.773. The van der Waals surface area contributed by atoms with Gasteiger partial charge in [0.2, 0.25) is 0 Å². The molecule has 2 heteroatoms. The van der Waals surface area contributed by atoms with E-state index >= 15 is 0 Å². The van der Waals surface area contributed by atoms with Gasteiger partial charge in [-0.15, -0.1) is 0 Å². The molecule has 0 amide bonds. The predicted molar refractivity (Wildman–Crippen MR) is 105 cm³/mol. The van der Waals surface area contributed by atoms with Gasteiger partial charge in [0.1, 0.15) is 0 Å². The van der Waals surface area contributed by atoms with Crippen molar-refractivity contribution in [1.82, 2.24) is 0 Å². The summed E-state index contributed by atoms with van der Waals surface area (Å²) in [4.78, 5) is 10.8. The van der Waals surface area contributed by atoms with Crippen molar-refractivity contribution in [1.29, 1.82) is 0 Å². The number of hydrogen-bond acceptors (Lipinski definition) is 2. The average molecular weight is 337 g/mol. The molecule has 0 heterocycles. The van der Waals surface area contributed by atoms with E-state index in [4.69, 9.17) is 4.74 Å². The first-order chi connectivity index (χ1) is 11.8. The van der Waals surface area contributed by atoms with Crippen molar-refractivity contribution in [3.05, 3.63) is 24.8 Å². The maximum absolute atomic E-state index is 10.8. The normalized spacial score (nSPS) is 11.0. The van der Waals surface area contributed by atoms with Crippen LogP contribution in [-0.4, -0.2) is 12.6 Å². The van der Waals surface area contributed by atoms with Gasteiger partial charge in [-0.25, -0.2) is 4.79 Å². The van der Waals surface area contributed by atoms with Crippen LogP contribution in [0.4, 0.5) is 0 Å². The lowest BCUT2D eigenvalue weighted by Crippen LogP contribution is -2.01. The number of ether oxygens (including phenoxy) is 1. The highest BCUT2D eigenvalue weighted by molar-refractivity contribution is 5.81. The average Bonchev–Trinajstić information content (AvgIpc) is 2.60. The van der Waals surface area contributed by atoms with Crippen molar-refractivity contribution in [2.45, 2.75) is 103 Å². The Bertz CT molecular complexity index is 307. The summed E-state index contributed by atoms with van der Waals surface area (Å²) in [5.41, 5.74) is 0. The second-order valence-electron chi connectivity index (χ2n) is 6.68. The minimum absolute atomic E-state index is 0.302. The molecule has 0 saturated carbocycles. The Labute approximate surface area is 150 Å². The number of carbonyl (C=O) groups excluding carboxylic acids is 1. The van der Waals surface area contributed by atoms with Crippen molar-refractivity contribution in [3.63, 3.8) is 0 Å². The molecule has 0 aromatic carbocycles. The Kier molecular flexibility index (Phi) is 19.1. The molecule has 0 aromatic rings. The molecule has 0 rings (SSSR count). The highest BCUT2D eigenvalue weighted by atomic mass is 16.5. The molecule has 24 heavy (non-hydrogen) atoms. The van der Waals surface area contributed by atoms with E-state index in [1.807, 2.05) is 0 Å². The highest BCUT2D eigenvalue weighted by Gasteiger charge is 1.96. The predicted octanol–water partition coefficient (Wildman–Crippen LogP) is 7.14. The van der Waals surface area contributed by atoms with Crippen LogP contribution in [0.3, 0.4) is 0 Å². The topological polar surface area (TPSA) is 26.3 Å². The third-order valence-electron chi connectivity index (χ3n) is 4.41. The summed E-state index contributed by atoms with van der Waals surface area (Å²) < 4.78 is 4.96. The molecule has 0 bridgehead atoms. The fourth-order valence-corrected chi connectivity index (χ4v) is 2.88. The van der Waals surface area contributed by atoms with Gasteiger partial charge in [-0.05, 0) is 26.2 Å². The van der Waals surface area contributed by atoms with Crippen molar-refractivity contribution in [2.24, 2.45) is 0 Å². The molecule has 0 unspecified atom stereocenters. The van der Waals surface area contributed by atoms with Crippen molar-refractivity contribution < 1.29 is 9.53 Å². The number of carbonyl (C=O) groups is 1. The summed E-state index contributed by atoms with van der Waals surface area (Å²) in [7, 11) is 0. The summed E-state index contributed by atoms with van der Waals surface area (Å²) in [6.45, 7) is 6.02. The molecule has 0 aliphatic rings. The quantitative estimate of drug-likeness (QED) is 0.115. The lowest BCUT2D eigenvalue weighted by molar-refractivity contribution is -0.137. The maximum Gasteiger partial charge on any atom is 0.330 e. The minimum atomic E-state index is -0.302. The summed E-state index contributed by atoms with van der Waals surface area (Å²) in [6, 6.07) is 0. The summed E-state index contributed by atoms with van der Waals surface area (Å²) in [5, 5.41) is 0. The van der Waals surface area contributed by atoms with Crippen LogP contribution in [0.2, 0.25) is 0 Å². The Hall–Kier alpha value is -1.05. The van der Waals surface area contributed by atoms with Crippen LogP contribution >= 0.6 is 0 Å². The molecule has 0 atom stereocenters. The number of rotatable bonds is 18. The standard InChI is InChI=1S/C22H40O2/c1-3-5-6-7-8-9-10-11-12-13-14-15-16-17-18-19-20-21-24-22(23)4-2/h3-5H,2,6-21H2,1H3/b5-3+. The Balaban J connectivity index is 3.02. The SMILES string of the molecule is C=CC(=O)OCCCCCCCCCCCCCCCC/C=C/C. The number of hydrogen-bond donors (Lipinski definition) is 0. The molecule has 0 aliphatic carbocycles. The molecule has 0 aromatic heterocycles. The molecule has 2 nitrogen and oxygen atoms in total. The van der Waals surface area contributed by atoms with Gasteiger partial charge < -0.3 is 4.74 Å². The third-order valence-corrected chi connectivity index (χ3v) is 4.41. The van der Waals surface area contributed by atoms with Gasteiger partial charge in [-0.1, -0.05) is 95.8 Å². The van der Waals surface area contributed by atoms with Gasteiger partial charge in [0, 0.05) is 6.08 Å². The van der Waals surface area contributed by atoms with Gasteiger partial charge in [0.05, 0.1) is 6.61 Å². The molecule has 0 N–H and O–H groups in total. The Morgan fingerprint density at radius 3 is 1.58 bits per heavy atom. The van der Waals surface area contributed by atoms with E-state index in [0.29, 0.717) is 6.61 Å². The molecule has 0 aliphatic heterocycles. The van der Waals surface area contributed by atoms with E-state index in [-0.39, 0.29) is 5.97 Å². The van der Waals surface area contributed by atoms with Crippen LogP contribution in [-0.2, 0) is 9.53 Å². The van der Waals surface area contributed by atoms with Crippen molar-refractivity contribution >= 4 is 5.97 Å². The second kappa shape index (κ2) is 20.0. The maximum atomic E-state index is 10.8. The minimum Gasteiger partial charge on any atom is -0.463 e. The van der Waals surface area contributed by atoms with E-state index in [1.54, 1.807) is 0 Å². The lowest BCUT2D eigenvalue weighted by atomic mass is 10.0. The number of allylic oxidation sites excluding steroid dienone is 2. The van der Waals surface area contributed by atoms with Gasteiger partial charge >= 0.3 is 5.97 Å². The van der Waals surface area contributed by atoms with E-state index in [9.17, 15) is 4.79 Å². The number of esters is 1. The van der Waals surface area contributed by atoms with Crippen molar-refractivity contribution in [2.75, 3.05) is 6.61 Å². The summed E-state index contributed by atoms with van der Waals surface area (Å²) in [5.74, 6) is -0.302. The Morgan fingerprint density at radius 1 is 0.750 bits per heavy atom. The van der Waals surface area contributed by atoms with Crippen LogP contribution in [0, 0.1) is 0 Å². The zero-order valence-corrected chi connectivity index (χ0v) is 16.1. The lowest BCUT2D eigenvalue weighted by Gasteiger charge is -2.04. The van der Waals surface area contributed by atoms with Gasteiger partial charge in [-0.2, -0.15) is 0 Å². The van der Waals surface area contributed by atoms with Crippen LogP contribution in [0.1, 0.15) is 103 Å². The molecule has 0 fully saturated rings. The molecule has 0 spiro atoms. The van der Waals surface area contributed by atoms with Gasteiger partial charge in [0.15, 0.2) is 0 Å². The van der Waals surface area contributed by atoms with E-state index in [0.717, 1.165) is 6.42 Å². The van der Waals surface area contributed by atoms with E-state index < -0.39 is 0 Å². The largest absolute Gasteiger partial charge is 0.463 e. The van der Waals surface area contributed by atoms with Crippen LogP contribution in [0.25, 0.3) is 0 Å². The summed E-state index contributed by atoms with van der Waals surface area (Å²) >= 11 is 0. The van der Waals surface area contributed by atoms with E-state index in [2.05, 4.69) is 25.7 Å². The first-order valence-corrected chi connectivity index (χ1v) is 10.2. The van der Waals surface area contributed by atoms with Crippen LogP contribution in [0.15, 0.2) is 24.8 Å². The molecular formula is C22H40O2. The number of unbranched alkanes of at least 4 members (excludes halogenated alkanes) is 14. The molecule has 0 radical (unpaired) electrons. The van der Waals surface area contributed by atoms with E-state index in [1.165, 1.54) is 96.0 Å². The highest BCUT2D eigenvalue weighted by Crippen LogP contribution is 2.13. The van der Waals surface area contributed by atoms with Crippen molar-refractivity contribution in [3.8, 4) is 0 Å².